The van der Waals surface area contributed by atoms with Gasteiger partial charge >= 0.3 is 12.1 Å². The van der Waals surface area contributed by atoms with Crippen LogP contribution in [0.4, 0.5) is 13.2 Å². The van der Waals surface area contributed by atoms with Crippen molar-refractivity contribution >= 4 is 5.97 Å². The average molecular weight is 230 g/mol. The Morgan fingerprint density at radius 2 is 2.12 bits per heavy atom. The van der Waals surface area contributed by atoms with E-state index in [0.717, 1.165) is 19.5 Å². The van der Waals surface area contributed by atoms with Crippen molar-refractivity contribution < 1.29 is 22.7 Å². The van der Waals surface area contributed by atoms with Crippen LogP contribution >= 0.6 is 0 Å². The molecule has 4 nitrogen and oxygen atoms in total. The van der Waals surface area contributed by atoms with Crippen molar-refractivity contribution in [1.82, 2.24) is 4.98 Å². The second-order valence-electron chi connectivity index (χ2n) is 2.71. The number of carbonyl (C=O) groups excluding carboxylic acids is 1. The molecule has 0 atom stereocenters. The zero-order valence-corrected chi connectivity index (χ0v) is 8.00. The van der Waals surface area contributed by atoms with Crippen LogP contribution in [0.25, 0.3) is 0 Å². The summed E-state index contributed by atoms with van der Waals surface area (Å²) in [7, 11) is 0.946. The summed E-state index contributed by atoms with van der Waals surface area (Å²) in [6, 6.07) is 1.33. The number of nitrogens with zero attached hydrogens (tertiary/aromatic N) is 2. The number of carbonyl (C=O) groups is 1. The van der Waals surface area contributed by atoms with Crippen LogP contribution in [0.15, 0.2) is 12.4 Å². The minimum Gasteiger partial charge on any atom is -0.465 e. The van der Waals surface area contributed by atoms with Crippen LogP contribution < -0.4 is 0 Å². The number of esters is 1. The van der Waals surface area contributed by atoms with Gasteiger partial charge in [0.1, 0.15) is 6.07 Å². The largest absolute Gasteiger partial charge is 0.465 e. The van der Waals surface area contributed by atoms with Gasteiger partial charge in [0.05, 0.1) is 23.8 Å². The molecule has 0 aliphatic rings. The molecule has 16 heavy (non-hydrogen) atoms. The van der Waals surface area contributed by atoms with E-state index in [2.05, 4.69) is 9.72 Å². The number of ether oxygens (including phenoxy) is 1. The number of halogens is 3. The Hall–Kier alpha value is -2.10. The fraction of sp³-hybridized carbons (Fsp3) is 0.222. The Labute approximate surface area is 88.3 Å². The molecule has 0 aliphatic heterocycles. The lowest BCUT2D eigenvalue weighted by Gasteiger charge is -2.11. The summed E-state index contributed by atoms with van der Waals surface area (Å²) >= 11 is 0. The highest BCUT2D eigenvalue weighted by atomic mass is 19.4. The lowest BCUT2D eigenvalue weighted by molar-refractivity contribution is -0.138. The molecule has 0 fully saturated rings. The molecular weight excluding hydrogens is 225 g/mol. The van der Waals surface area contributed by atoms with Gasteiger partial charge in [0.25, 0.3) is 0 Å². The van der Waals surface area contributed by atoms with E-state index in [-0.39, 0.29) is 0 Å². The van der Waals surface area contributed by atoms with Crippen molar-refractivity contribution in [3.8, 4) is 6.07 Å². The van der Waals surface area contributed by atoms with E-state index < -0.39 is 28.8 Å². The third-order valence-electron chi connectivity index (χ3n) is 1.76. The normalized spacial score (nSPS) is 10.7. The van der Waals surface area contributed by atoms with Crippen LogP contribution in [0.2, 0.25) is 0 Å². The first-order chi connectivity index (χ1) is 7.41. The van der Waals surface area contributed by atoms with Crippen LogP contribution in [0.1, 0.15) is 21.5 Å². The average Bonchev–Trinajstić information content (AvgIpc) is 2.25. The Balaban J connectivity index is 3.52. The van der Waals surface area contributed by atoms with Gasteiger partial charge < -0.3 is 4.74 Å². The van der Waals surface area contributed by atoms with E-state index in [1.54, 1.807) is 0 Å². The van der Waals surface area contributed by atoms with Gasteiger partial charge in [0.2, 0.25) is 0 Å². The summed E-state index contributed by atoms with van der Waals surface area (Å²) in [6.45, 7) is 0. The van der Waals surface area contributed by atoms with Gasteiger partial charge in [-0.3, -0.25) is 4.98 Å². The van der Waals surface area contributed by atoms with E-state index in [1.807, 2.05) is 0 Å². The second kappa shape index (κ2) is 4.18. The lowest BCUT2D eigenvalue weighted by Crippen LogP contribution is -2.16. The maximum absolute atomic E-state index is 12.6. The molecule has 1 rings (SSSR count). The van der Waals surface area contributed by atoms with Crippen LogP contribution in [-0.2, 0) is 10.9 Å². The van der Waals surface area contributed by atoms with Crippen molar-refractivity contribution in [1.29, 1.82) is 5.26 Å². The number of aromatic nitrogens is 1. The van der Waals surface area contributed by atoms with E-state index >= 15 is 0 Å². The maximum atomic E-state index is 12.6. The summed E-state index contributed by atoms with van der Waals surface area (Å²) < 4.78 is 42.0. The molecule has 0 saturated carbocycles. The van der Waals surface area contributed by atoms with Crippen molar-refractivity contribution in [2.75, 3.05) is 7.11 Å². The number of rotatable bonds is 1. The molecule has 1 heterocycles. The van der Waals surface area contributed by atoms with Crippen molar-refractivity contribution in [2.24, 2.45) is 0 Å². The fourth-order valence-corrected chi connectivity index (χ4v) is 1.12. The second-order valence-corrected chi connectivity index (χ2v) is 2.71. The molecule has 1 aromatic heterocycles. The topological polar surface area (TPSA) is 63.0 Å². The predicted molar refractivity (Wildman–Crippen MR) is 45.3 cm³/mol. The molecule has 0 radical (unpaired) electrons. The standard InChI is InChI=1S/C9H5F3N2O2/c1-16-8(15)6-4-14-3-5(2-13)7(6)9(10,11)12/h3-4H,1H3. The first-order valence-corrected chi connectivity index (χ1v) is 3.95. The van der Waals surface area contributed by atoms with Crippen molar-refractivity contribution in [3.05, 3.63) is 29.1 Å². The Kier molecular flexibility index (Phi) is 3.13. The number of pyridine rings is 1. The monoisotopic (exact) mass is 230 g/mol. The summed E-state index contributed by atoms with van der Waals surface area (Å²) in [5.41, 5.74) is -2.80. The molecule has 0 bridgehead atoms. The van der Waals surface area contributed by atoms with Gasteiger partial charge in [0, 0.05) is 12.4 Å². The van der Waals surface area contributed by atoms with E-state index in [4.69, 9.17) is 5.26 Å². The van der Waals surface area contributed by atoms with Crippen molar-refractivity contribution in [2.45, 2.75) is 6.18 Å². The molecule has 84 valence electrons. The highest BCUT2D eigenvalue weighted by Gasteiger charge is 2.38. The number of hydrogen-bond donors (Lipinski definition) is 0. The van der Waals surface area contributed by atoms with Crippen LogP contribution in [0.3, 0.4) is 0 Å². The summed E-state index contributed by atoms with van der Waals surface area (Å²) in [5.74, 6) is -1.18. The van der Waals surface area contributed by atoms with Gasteiger partial charge in [-0.15, -0.1) is 0 Å². The minimum absolute atomic E-state index is 0.713. The first-order valence-electron chi connectivity index (χ1n) is 3.95. The fourth-order valence-electron chi connectivity index (χ4n) is 1.12. The van der Waals surface area contributed by atoms with Crippen LogP contribution in [-0.4, -0.2) is 18.1 Å². The Bertz CT molecular complexity index is 463. The van der Waals surface area contributed by atoms with Crippen LogP contribution in [0, 0.1) is 11.3 Å². The van der Waals surface area contributed by atoms with Gasteiger partial charge in [-0.05, 0) is 0 Å². The van der Waals surface area contributed by atoms with E-state index in [9.17, 15) is 18.0 Å². The van der Waals surface area contributed by atoms with Gasteiger partial charge in [-0.25, -0.2) is 4.79 Å². The SMILES string of the molecule is COC(=O)c1cncc(C#N)c1C(F)(F)F. The number of alkyl halides is 3. The van der Waals surface area contributed by atoms with E-state index in [1.165, 1.54) is 6.07 Å². The third kappa shape index (κ3) is 2.11. The Morgan fingerprint density at radius 1 is 1.50 bits per heavy atom. The zero-order valence-electron chi connectivity index (χ0n) is 8.00. The molecule has 0 spiro atoms. The zero-order chi connectivity index (χ0) is 12.3. The highest BCUT2D eigenvalue weighted by Crippen LogP contribution is 2.34. The van der Waals surface area contributed by atoms with Gasteiger partial charge in [-0.2, -0.15) is 18.4 Å². The summed E-state index contributed by atoms with van der Waals surface area (Å²) in [4.78, 5) is 14.5. The van der Waals surface area contributed by atoms with E-state index in [0.29, 0.717) is 0 Å². The molecule has 1 aromatic rings. The lowest BCUT2D eigenvalue weighted by atomic mass is 10.1. The molecule has 7 heteroatoms. The minimum atomic E-state index is -4.81. The first kappa shape index (κ1) is 12.0. The molecule has 0 aromatic carbocycles. The summed E-state index contributed by atoms with van der Waals surface area (Å²) in [6.07, 6.45) is -3.34. The highest BCUT2D eigenvalue weighted by molar-refractivity contribution is 5.91. The maximum Gasteiger partial charge on any atom is 0.418 e. The molecule has 0 unspecified atom stereocenters. The van der Waals surface area contributed by atoms with Crippen molar-refractivity contribution in [3.63, 3.8) is 0 Å². The number of hydrogen-bond acceptors (Lipinski definition) is 4. The smallest absolute Gasteiger partial charge is 0.418 e. The molecule has 0 amide bonds. The molecule has 0 aliphatic carbocycles. The van der Waals surface area contributed by atoms with Gasteiger partial charge in [-0.1, -0.05) is 0 Å². The Morgan fingerprint density at radius 3 is 2.56 bits per heavy atom. The third-order valence-corrected chi connectivity index (χ3v) is 1.76. The quantitative estimate of drug-likeness (QED) is 0.689. The number of nitriles is 1. The summed E-state index contributed by atoms with van der Waals surface area (Å²) in [5, 5.41) is 8.52. The number of methoxy groups -OCH3 is 1. The van der Waals surface area contributed by atoms with Gasteiger partial charge in [0.15, 0.2) is 0 Å². The molecular formula is C9H5F3N2O2. The molecule has 0 saturated heterocycles. The predicted octanol–water partition coefficient (Wildman–Crippen LogP) is 1.76. The van der Waals surface area contributed by atoms with Crippen LogP contribution in [0.5, 0.6) is 0 Å². The molecule has 0 N–H and O–H groups in total.